The van der Waals surface area contributed by atoms with E-state index >= 15 is 0 Å². The maximum absolute atomic E-state index is 12.1. The van der Waals surface area contributed by atoms with E-state index in [0.29, 0.717) is 5.75 Å². The number of carbonyl (C=O) groups excluding carboxylic acids is 2. The summed E-state index contributed by atoms with van der Waals surface area (Å²) in [5, 5.41) is 14.7. The highest BCUT2D eigenvalue weighted by atomic mass is 32.2. The molecule has 34 heavy (non-hydrogen) atoms. The van der Waals surface area contributed by atoms with Gasteiger partial charge >= 0.3 is 0 Å². The van der Waals surface area contributed by atoms with Crippen LogP contribution in [-0.4, -0.2) is 16.3 Å². The van der Waals surface area contributed by atoms with Crippen molar-refractivity contribution in [2.45, 2.75) is 49.2 Å². The Balaban J connectivity index is 1.24. The van der Waals surface area contributed by atoms with Crippen LogP contribution in [0.4, 0.5) is 4.79 Å². The Morgan fingerprint density at radius 1 is 0.794 bits per heavy atom. The lowest BCUT2D eigenvalue weighted by atomic mass is 9.48. The van der Waals surface area contributed by atoms with E-state index in [4.69, 9.17) is 0 Å². The van der Waals surface area contributed by atoms with Crippen LogP contribution in [0, 0.1) is 17.8 Å². The second kappa shape index (κ2) is 7.35. The summed E-state index contributed by atoms with van der Waals surface area (Å²) in [6, 6.07) is 18.5. The first-order chi connectivity index (χ1) is 16.5. The Hall–Kier alpha value is -2.79. The molecule has 5 heteroatoms. The van der Waals surface area contributed by atoms with Crippen LogP contribution in [0.15, 0.2) is 54.6 Å². The van der Waals surface area contributed by atoms with Crippen molar-refractivity contribution in [3.05, 3.63) is 65.7 Å². The number of hydrogen-bond acceptors (Lipinski definition) is 4. The monoisotopic (exact) mass is 469 g/mol. The molecule has 4 nitrogen and oxygen atoms in total. The van der Waals surface area contributed by atoms with Crippen molar-refractivity contribution in [1.82, 2.24) is 5.32 Å². The molecule has 172 valence electrons. The fraction of sp³-hybridized carbons (Fsp3) is 0.379. The largest absolute Gasteiger partial charge is 0.508 e. The minimum absolute atomic E-state index is 0.150. The van der Waals surface area contributed by atoms with Crippen molar-refractivity contribution < 1.29 is 14.7 Å². The molecule has 2 amide bonds. The van der Waals surface area contributed by atoms with Crippen LogP contribution in [0.25, 0.3) is 21.9 Å². The molecule has 2 N–H and O–H groups in total. The van der Waals surface area contributed by atoms with Crippen LogP contribution in [0.5, 0.6) is 5.75 Å². The molecular weight excluding hydrogens is 442 g/mol. The highest BCUT2D eigenvalue weighted by Gasteiger charge is 2.52. The third-order valence-corrected chi connectivity index (χ3v) is 9.83. The zero-order chi connectivity index (χ0) is 23.0. The molecule has 0 spiro atoms. The second-order valence-corrected chi connectivity index (χ2v) is 12.1. The molecule has 4 aliphatic carbocycles. The Morgan fingerprint density at radius 3 is 2.09 bits per heavy atom. The van der Waals surface area contributed by atoms with E-state index in [1.165, 1.54) is 38.5 Å². The summed E-state index contributed by atoms with van der Waals surface area (Å²) in [5.74, 6) is 2.71. The number of fused-ring (bicyclic) bond motifs is 1. The fourth-order valence-corrected chi connectivity index (χ4v) is 8.59. The maximum atomic E-state index is 12.1. The van der Waals surface area contributed by atoms with Crippen molar-refractivity contribution in [2.24, 2.45) is 17.8 Å². The Labute approximate surface area is 203 Å². The van der Waals surface area contributed by atoms with E-state index in [-0.39, 0.29) is 16.6 Å². The molecule has 0 aromatic heterocycles. The highest BCUT2D eigenvalue weighted by molar-refractivity contribution is 8.15. The Morgan fingerprint density at radius 2 is 1.41 bits per heavy atom. The smallest absolute Gasteiger partial charge is 0.286 e. The van der Waals surface area contributed by atoms with Crippen molar-refractivity contribution in [3.63, 3.8) is 0 Å². The normalized spacial score (nSPS) is 31.9. The second-order valence-electron chi connectivity index (χ2n) is 11.0. The average molecular weight is 470 g/mol. The first-order valence-corrected chi connectivity index (χ1v) is 13.2. The molecule has 3 aromatic rings. The zero-order valence-corrected chi connectivity index (χ0v) is 19.7. The van der Waals surface area contributed by atoms with Gasteiger partial charge in [0, 0.05) is 5.56 Å². The van der Waals surface area contributed by atoms with E-state index in [2.05, 4.69) is 29.6 Å². The average Bonchev–Trinajstić information content (AvgIpc) is 3.15. The molecule has 1 aliphatic heterocycles. The van der Waals surface area contributed by atoms with E-state index < -0.39 is 5.25 Å². The first kappa shape index (κ1) is 20.6. The molecule has 0 radical (unpaired) electrons. The van der Waals surface area contributed by atoms with Gasteiger partial charge in [0.25, 0.3) is 5.24 Å². The van der Waals surface area contributed by atoms with Gasteiger partial charge in [0.2, 0.25) is 5.91 Å². The summed E-state index contributed by atoms with van der Waals surface area (Å²) >= 11 is 1.04. The molecular formula is C29H27NO3S. The molecule has 5 aliphatic rings. The van der Waals surface area contributed by atoms with Gasteiger partial charge in [-0.1, -0.05) is 30.3 Å². The van der Waals surface area contributed by atoms with Crippen LogP contribution < -0.4 is 5.32 Å². The number of phenols is 1. The predicted octanol–water partition coefficient (Wildman–Crippen LogP) is 6.70. The van der Waals surface area contributed by atoms with Gasteiger partial charge in [0.15, 0.2) is 0 Å². The highest BCUT2D eigenvalue weighted by Crippen LogP contribution is 2.62. The standard InChI is InChI=1S/C29H27NO3S/c31-25-6-5-22(12-24(25)29-13-16-7-17(14-29)9-18(8-16)15-29)20-1-2-21-11-23(4-3-19(21)10-20)26-27(32)30-28(33)34-26/h1-6,10-12,16-18,26,31H,7-9,13-15H2,(H,30,32,33). The van der Waals surface area contributed by atoms with E-state index in [1.807, 2.05) is 30.3 Å². The molecule has 3 aromatic carbocycles. The first-order valence-electron chi connectivity index (χ1n) is 12.3. The van der Waals surface area contributed by atoms with Crippen molar-refractivity contribution in [2.75, 3.05) is 0 Å². The van der Waals surface area contributed by atoms with Crippen LogP contribution >= 0.6 is 11.8 Å². The quantitative estimate of drug-likeness (QED) is 0.448. The van der Waals surface area contributed by atoms with E-state index in [1.54, 1.807) is 0 Å². The van der Waals surface area contributed by atoms with Crippen LogP contribution in [0.2, 0.25) is 0 Å². The summed E-state index contributed by atoms with van der Waals surface area (Å²) in [5.41, 5.74) is 4.44. The number of hydrogen-bond donors (Lipinski definition) is 2. The summed E-state index contributed by atoms with van der Waals surface area (Å²) in [7, 11) is 0. The molecule has 1 unspecified atom stereocenters. The van der Waals surface area contributed by atoms with Crippen LogP contribution in [0.3, 0.4) is 0 Å². The third kappa shape index (κ3) is 3.20. The van der Waals surface area contributed by atoms with E-state index in [0.717, 1.165) is 62.5 Å². The van der Waals surface area contributed by atoms with Crippen LogP contribution in [0.1, 0.15) is 54.9 Å². The van der Waals surface area contributed by atoms with E-state index in [9.17, 15) is 14.7 Å². The summed E-state index contributed by atoms with van der Waals surface area (Å²) < 4.78 is 0. The molecule has 8 rings (SSSR count). The van der Waals surface area contributed by atoms with Gasteiger partial charge in [0.05, 0.1) is 0 Å². The number of imide groups is 1. The van der Waals surface area contributed by atoms with Gasteiger partial charge in [-0.15, -0.1) is 0 Å². The summed E-state index contributed by atoms with van der Waals surface area (Å²) in [6.07, 6.45) is 7.86. The molecule has 1 heterocycles. The molecule has 1 saturated heterocycles. The lowest BCUT2D eigenvalue weighted by Crippen LogP contribution is -2.48. The van der Waals surface area contributed by atoms with Gasteiger partial charge in [-0.2, -0.15) is 0 Å². The SMILES string of the molecule is O=C1NC(=O)C(c2ccc3cc(-c4ccc(O)c(C56CC7CC(CC(C7)C5)C6)c4)ccc3c2)S1. The lowest BCUT2D eigenvalue weighted by Gasteiger charge is -2.57. The number of thioether (sulfide) groups is 1. The van der Waals surface area contributed by atoms with Crippen molar-refractivity contribution in [3.8, 4) is 16.9 Å². The fourth-order valence-electron chi connectivity index (χ4n) is 7.76. The lowest BCUT2D eigenvalue weighted by molar-refractivity contribution is -0.119. The third-order valence-electron chi connectivity index (χ3n) is 8.79. The van der Waals surface area contributed by atoms with Gasteiger partial charge in [-0.05, 0) is 125 Å². The number of benzene rings is 3. The van der Waals surface area contributed by atoms with Gasteiger partial charge in [-0.25, -0.2) is 0 Å². The van der Waals surface area contributed by atoms with Crippen molar-refractivity contribution >= 4 is 33.7 Å². The molecule has 1 atom stereocenters. The van der Waals surface area contributed by atoms with Gasteiger partial charge in [0.1, 0.15) is 11.0 Å². The summed E-state index contributed by atoms with van der Waals surface area (Å²) in [6.45, 7) is 0. The Bertz CT molecular complexity index is 1330. The predicted molar refractivity (Wildman–Crippen MR) is 135 cm³/mol. The van der Waals surface area contributed by atoms with Gasteiger partial charge in [-0.3, -0.25) is 14.9 Å². The number of nitrogens with one attached hydrogen (secondary N) is 1. The maximum Gasteiger partial charge on any atom is 0.286 e. The number of aromatic hydroxyl groups is 1. The minimum Gasteiger partial charge on any atom is -0.508 e. The number of carbonyl (C=O) groups is 2. The van der Waals surface area contributed by atoms with Crippen molar-refractivity contribution in [1.29, 1.82) is 0 Å². The van der Waals surface area contributed by atoms with Crippen LogP contribution in [-0.2, 0) is 10.2 Å². The zero-order valence-electron chi connectivity index (χ0n) is 18.9. The number of rotatable bonds is 3. The molecule has 5 fully saturated rings. The minimum atomic E-state index is -0.475. The molecule has 4 bridgehead atoms. The number of phenolic OH excluding ortho intramolecular Hbond substituents is 1. The Kier molecular flexibility index (Phi) is 4.45. The molecule has 4 saturated carbocycles. The number of amides is 2. The van der Waals surface area contributed by atoms with Gasteiger partial charge < -0.3 is 5.11 Å². The summed E-state index contributed by atoms with van der Waals surface area (Å²) in [4.78, 5) is 23.6. The topological polar surface area (TPSA) is 66.4 Å².